The SMILES string of the molecule is Cc1ccc(C2=C(Nc3cccc(C)c3C)C(=O)N(c3ccc(C)cc3)C2=O)cc1. The lowest BCUT2D eigenvalue weighted by molar-refractivity contribution is -0.120. The van der Waals surface area contributed by atoms with Crippen molar-refractivity contribution in [2.45, 2.75) is 27.7 Å². The Morgan fingerprint density at radius 2 is 1.30 bits per heavy atom. The lowest BCUT2D eigenvalue weighted by Crippen LogP contribution is -2.32. The molecular formula is C26H24N2O2. The number of nitrogens with one attached hydrogen (secondary N) is 1. The van der Waals surface area contributed by atoms with Gasteiger partial charge in [0.15, 0.2) is 0 Å². The van der Waals surface area contributed by atoms with Crippen LogP contribution >= 0.6 is 0 Å². The minimum atomic E-state index is -0.347. The summed E-state index contributed by atoms with van der Waals surface area (Å²) in [5.41, 5.74) is 7.13. The summed E-state index contributed by atoms with van der Waals surface area (Å²) < 4.78 is 0. The van der Waals surface area contributed by atoms with Crippen LogP contribution in [0.15, 0.2) is 72.4 Å². The van der Waals surface area contributed by atoms with Gasteiger partial charge in [-0.05, 0) is 62.6 Å². The average Bonchev–Trinajstić information content (AvgIpc) is 2.97. The van der Waals surface area contributed by atoms with Crippen molar-refractivity contribution >= 4 is 28.8 Å². The Labute approximate surface area is 176 Å². The predicted molar refractivity (Wildman–Crippen MR) is 121 cm³/mol. The first-order valence-electron chi connectivity index (χ1n) is 9.97. The van der Waals surface area contributed by atoms with Crippen molar-refractivity contribution in [2.24, 2.45) is 0 Å². The highest BCUT2D eigenvalue weighted by atomic mass is 16.2. The zero-order valence-corrected chi connectivity index (χ0v) is 17.6. The van der Waals surface area contributed by atoms with E-state index in [0.717, 1.165) is 33.5 Å². The van der Waals surface area contributed by atoms with E-state index in [1.165, 1.54) is 4.90 Å². The van der Waals surface area contributed by atoms with Crippen LogP contribution in [0.5, 0.6) is 0 Å². The number of aryl methyl sites for hydroxylation is 3. The van der Waals surface area contributed by atoms with Crippen LogP contribution in [0.25, 0.3) is 5.57 Å². The molecule has 4 heteroatoms. The molecule has 0 saturated heterocycles. The molecule has 4 nitrogen and oxygen atoms in total. The van der Waals surface area contributed by atoms with Gasteiger partial charge in [0.1, 0.15) is 5.70 Å². The Balaban J connectivity index is 1.84. The van der Waals surface area contributed by atoms with Crippen molar-refractivity contribution in [1.82, 2.24) is 0 Å². The molecule has 0 aromatic heterocycles. The summed E-state index contributed by atoms with van der Waals surface area (Å²) in [7, 11) is 0. The molecule has 0 bridgehead atoms. The molecule has 3 aromatic rings. The lowest BCUT2D eigenvalue weighted by atomic mass is 10.0. The summed E-state index contributed by atoms with van der Waals surface area (Å²) in [5.74, 6) is -0.666. The van der Waals surface area contributed by atoms with Crippen molar-refractivity contribution in [2.75, 3.05) is 10.2 Å². The van der Waals surface area contributed by atoms with Crippen LogP contribution < -0.4 is 10.2 Å². The monoisotopic (exact) mass is 396 g/mol. The quantitative estimate of drug-likeness (QED) is 0.608. The summed E-state index contributed by atoms with van der Waals surface area (Å²) in [5, 5.41) is 3.27. The Hall–Kier alpha value is -3.66. The third kappa shape index (κ3) is 3.41. The summed E-state index contributed by atoms with van der Waals surface area (Å²) in [4.78, 5) is 28.1. The van der Waals surface area contributed by atoms with Crippen molar-refractivity contribution in [3.8, 4) is 0 Å². The number of hydrogen-bond donors (Lipinski definition) is 1. The van der Waals surface area contributed by atoms with Crippen LogP contribution in [0.2, 0.25) is 0 Å². The third-order valence-electron chi connectivity index (χ3n) is 5.58. The highest BCUT2D eigenvalue weighted by Gasteiger charge is 2.40. The molecule has 0 fully saturated rings. The molecule has 4 rings (SSSR count). The minimum Gasteiger partial charge on any atom is -0.350 e. The van der Waals surface area contributed by atoms with Crippen LogP contribution in [-0.2, 0) is 9.59 Å². The van der Waals surface area contributed by atoms with Crippen LogP contribution in [-0.4, -0.2) is 11.8 Å². The molecule has 0 unspecified atom stereocenters. The Morgan fingerprint density at radius 1 is 0.700 bits per heavy atom. The van der Waals surface area contributed by atoms with E-state index >= 15 is 0 Å². The maximum atomic E-state index is 13.4. The molecule has 0 radical (unpaired) electrons. The molecular weight excluding hydrogens is 372 g/mol. The number of benzene rings is 3. The summed E-state index contributed by atoms with van der Waals surface area (Å²) >= 11 is 0. The normalized spacial score (nSPS) is 13.9. The fraction of sp³-hybridized carbons (Fsp3) is 0.154. The number of hydrogen-bond acceptors (Lipinski definition) is 3. The average molecular weight is 396 g/mol. The molecule has 0 atom stereocenters. The number of carbonyl (C=O) groups is 2. The standard InChI is InChI=1S/C26H24N2O2/c1-16-8-12-20(13-9-16)23-24(27-22-7-5-6-18(3)19(22)4)26(30)28(25(23)29)21-14-10-17(2)11-15-21/h5-15,27H,1-4H3. The first-order valence-corrected chi connectivity index (χ1v) is 9.97. The van der Waals surface area contributed by atoms with Crippen LogP contribution in [0.4, 0.5) is 11.4 Å². The summed E-state index contributed by atoms with van der Waals surface area (Å²) in [6.45, 7) is 7.99. The number of imide groups is 1. The zero-order chi connectivity index (χ0) is 21.4. The lowest BCUT2D eigenvalue weighted by Gasteiger charge is -2.16. The second-order valence-electron chi connectivity index (χ2n) is 7.77. The van der Waals surface area contributed by atoms with Crippen LogP contribution in [0.3, 0.4) is 0 Å². The number of nitrogens with zero attached hydrogens (tertiary/aromatic N) is 1. The van der Waals surface area contributed by atoms with Gasteiger partial charge in [-0.3, -0.25) is 9.59 Å². The molecule has 1 heterocycles. The molecule has 30 heavy (non-hydrogen) atoms. The number of carbonyl (C=O) groups excluding carboxylic acids is 2. The predicted octanol–water partition coefficient (Wildman–Crippen LogP) is 5.32. The van der Waals surface area contributed by atoms with E-state index in [2.05, 4.69) is 5.32 Å². The first kappa shape index (κ1) is 19.6. The van der Waals surface area contributed by atoms with Gasteiger partial charge in [-0.15, -0.1) is 0 Å². The van der Waals surface area contributed by atoms with Gasteiger partial charge in [0.25, 0.3) is 11.8 Å². The molecule has 1 aliphatic heterocycles. The molecule has 3 aromatic carbocycles. The highest BCUT2D eigenvalue weighted by Crippen LogP contribution is 2.34. The van der Waals surface area contributed by atoms with E-state index in [-0.39, 0.29) is 11.8 Å². The van der Waals surface area contributed by atoms with E-state index in [4.69, 9.17) is 0 Å². The molecule has 2 amide bonds. The second-order valence-corrected chi connectivity index (χ2v) is 7.77. The number of anilines is 2. The minimum absolute atomic E-state index is 0.304. The topological polar surface area (TPSA) is 49.4 Å². The van der Waals surface area contributed by atoms with Gasteiger partial charge in [0.2, 0.25) is 0 Å². The van der Waals surface area contributed by atoms with Gasteiger partial charge in [-0.25, -0.2) is 4.90 Å². The summed E-state index contributed by atoms with van der Waals surface area (Å²) in [6.07, 6.45) is 0. The van der Waals surface area contributed by atoms with Gasteiger partial charge >= 0.3 is 0 Å². The summed E-state index contributed by atoms with van der Waals surface area (Å²) in [6, 6.07) is 21.0. The van der Waals surface area contributed by atoms with E-state index < -0.39 is 0 Å². The van der Waals surface area contributed by atoms with E-state index in [9.17, 15) is 9.59 Å². The van der Waals surface area contributed by atoms with Gasteiger partial charge in [0, 0.05) is 5.69 Å². The van der Waals surface area contributed by atoms with Crippen molar-refractivity contribution in [1.29, 1.82) is 0 Å². The van der Waals surface area contributed by atoms with Gasteiger partial charge < -0.3 is 5.32 Å². The van der Waals surface area contributed by atoms with Crippen molar-refractivity contribution in [3.05, 3.63) is 100 Å². The van der Waals surface area contributed by atoms with E-state index in [1.54, 1.807) is 12.1 Å². The largest absolute Gasteiger partial charge is 0.350 e. The Kier molecular flexibility index (Phi) is 5.00. The second kappa shape index (κ2) is 7.64. The van der Waals surface area contributed by atoms with Crippen molar-refractivity contribution in [3.63, 3.8) is 0 Å². The van der Waals surface area contributed by atoms with Crippen molar-refractivity contribution < 1.29 is 9.59 Å². The molecule has 1 N–H and O–H groups in total. The van der Waals surface area contributed by atoms with Gasteiger partial charge in [-0.1, -0.05) is 59.7 Å². The fourth-order valence-electron chi connectivity index (χ4n) is 3.58. The first-order chi connectivity index (χ1) is 14.4. The van der Waals surface area contributed by atoms with Gasteiger partial charge in [-0.2, -0.15) is 0 Å². The molecule has 0 spiro atoms. The Bertz CT molecular complexity index is 1170. The molecule has 1 aliphatic rings. The molecule has 150 valence electrons. The smallest absolute Gasteiger partial charge is 0.282 e. The van der Waals surface area contributed by atoms with Gasteiger partial charge in [0.05, 0.1) is 11.3 Å². The Morgan fingerprint density at radius 3 is 1.93 bits per heavy atom. The third-order valence-corrected chi connectivity index (χ3v) is 5.58. The van der Waals surface area contributed by atoms with E-state index in [0.29, 0.717) is 17.0 Å². The van der Waals surface area contributed by atoms with Crippen LogP contribution in [0.1, 0.15) is 27.8 Å². The molecule has 0 saturated carbocycles. The number of rotatable bonds is 4. The highest BCUT2D eigenvalue weighted by molar-refractivity contribution is 6.46. The van der Waals surface area contributed by atoms with E-state index in [1.807, 2.05) is 82.3 Å². The zero-order valence-electron chi connectivity index (χ0n) is 17.6. The maximum absolute atomic E-state index is 13.4. The maximum Gasteiger partial charge on any atom is 0.282 e. The fourth-order valence-corrected chi connectivity index (χ4v) is 3.58. The van der Waals surface area contributed by atoms with Crippen LogP contribution in [0, 0.1) is 27.7 Å². The number of amides is 2. The molecule has 0 aliphatic carbocycles.